The maximum atomic E-state index is 12.8. The van der Waals surface area contributed by atoms with Crippen molar-refractivity contribution < 1.29 is 65.7 Å². The van der Waals surface area contributed by atoms with E-state index in [1.54, 1.807) is 29.7 Å². The Bertz CT molecular complexity index is 1530. The molecular formula is C29H30F6N4O8. The number of benzene rings is 2. The van der Waals surface area contributed by atoms with Crippen LogP contribution in [0.25, 0.3) is 10.9 Å². The first-order chi connectivity index (χ1) is 21.8. The average Bonchev–Trinajstić information content (AvgIpc) is 3.00. The molecule has 1 aliphatic rings. The quantitative estimate of drug-likeness (QED) is 0.146. The minimum atomic E-state index is -5.08. The summed E-state index contributed by atoms with van der Waals surface area (Å²) in [4.78, 5) is 49.1. The van der Waals surface area contributed by atoms with Gasteiger partial charge in [0.2, 0.25) is 5.91 Å². The third kappa shape index (κ3) is 12.0. The van der Waals surface area contributed by atoms with Gasteiger partial charge < -0.3 is 25.2 Å². The topological polar surface area (TPSA) is 178 Å². The molecule has 18 heteroatoms. The van der Waals surface area contributed by atoms with Crippen LogP contribution in [0.3, 0.4) is 0 Å². The summed E-state index contributed by atoms with van der Waals surface area (Å²) in [5.41, 5.74) is 5.11. The summed E-state index contributed by atoms with van der Waals surface area (Å²) in [6, 6.07) is 16.6. The first kappa shape index (κ1) is 38.2. The fraction of sp³-hybridized carbons (Fsp3) is 0.345. The highest BCUT2D eigenvalue weighted by Crippen LogP contribution is 2.22. The largest absolute Gasteiger partial charge is 0.490 e. The number of ether oxygens (including phenoxy) is 1. The predicted octanol–water partition coefficient (Wildman–Crippen LogP) is 3.94. The number of carboxylic acids is 2. The maximum absolute atomic E-state index is 12.8. The van der Waals surface area contributed by atoms with Gasteiger partial charge in [0.1, 0.15) is 12.4 Å². The van der Waals surface area contributed by atoms with E-state index in [9.17, 15) is 35.9 Å². The highest BCUT2D eigenvalue weighted by molar-refractivity contribution is 5.95. The van der Waals surface area contributed by atoms with E-state index in [1.807, 2.05) is 49.2 Å². The molecule has 12 nitrogen and oxygen atoms in total. The highest BCUT2D eigenvalue weighted by atomic mass is 19.4. The number of amides is 2. The number of carbonyl (C=O) groups excluding carboxylic acids is 2. The normalized spacial score (nSPS) is 16.4. The van der Waals surface area contributed by atoms with E-state index in [2.05, 4.69) is 10.3 Å². The molecule has 256 valence electrons. The number of aliphatic carboxylic acids is 2. The van der Waals surface area contributed by atoms with Crippen LogP contribution in [0.15, 0.2) is 54.6 Å². The zero-order valence-electron chi connectivity index (χ0n) is 24.7. The van der Waals surface area contributed by atoms with Crippen LogP contribution in [-0.2, 0) is 21.0 Å². The number of aromatic nitrogens is 1. The maximum Gasteiger partial charge on any atom is 0.490 e. The zero-order valence-corrected chi connectivity index (χ0v) is 24.7. The second-order valence-corrected chi connectivity index (χ2v) is 10.1. The van der Waals surface area contributed by atoms with Crippen molar-refractivity contribution in [3.63, 3.8) is 0 Å². The number of rotatable bonds is 6. The van der Waals surface area contributed by atoms with E-state index in [4.69, 9.17) is 29.7 Å². The molecule has 0 spiro atoms. The summed E-state index contributed by atoms with van der Waals surface area (Å²) in [7, 11) is 1.91. The molecule has 1 saturated heterocycles. The Balaban J connectivity index is 0.000000459. The monoisotopic (exact) mass is 676 g/mol. The number of alkyl halides is 6. The van der Waals surface area contributed by atoms with Crippen LogP contribution in [0, 0.1) is 12.8 Å². The van der Waals surface area contributed by atoms with Crippen LogP contribution in [0.4, 0.5) is 26.3 Å². The van der Waals surface area contributed by atoms with Crippen LogP contribution < -0.4 is 15.5 Å². The number of para-hydroxylation sites is 1. The number of piperidine rings is 1. The van der Waals surface area contributed by atoms with Crippen LogP contribution in [0.1, 0.15) is 28.0 Å². The molecule has 5 N–H and O–H groups in total. The molecule has 1 aliphatic heterocycles. The Morgan fingerprint density at radius 2 is 1.51 bits per heavy atom. The molecule has 2 amide bonds. The molecule has 0 bridgehead atoms. The fourth-order valence-corrected chi connectivity index (χ4v) is 4.27. The second kappa shape index (κ2) is 16.5. The van der Waals surface area contributed by atoms with Gasteiger partial charge in [-0.3, -0.25) is 19.8 Å². The summed E-state index contributed by atoms with van der Waals surface area (Å²) < 4.78 is 69.4. The average molecular weight is 677 g/mol. The molecule has 0 unspecified atom stereocenters. The standard InChI is InChI=1S/C25H28N4O4.2C2HF3O2/c1-16-13-18(20-5-3-4-6-22(20)26-16)15-33-19-9-7-17(8-10-19)24(30)27-23-11-12-29(2)14-21(23)25(31)28-32;2*3-2(4,5)1(6)7/h3-10,13,21,23,32H,11-12,14-15H2,1-2H3,(H,27,30)(H,28,31);2*(H,6,7)/t21-,23+;;/m0../s1. The number of carbonyl (C=O) groups is 4. The lowest BCUT2D eigenvalue weighted by Crippen LogP contribution is -2.54. The molecule has 2 heterocycles. The number of pyridine rings is 1. The summed E-state index contributed by atoms with van der Waals surface area (Å²) in [5, 5.41) is 27.3. The van der Waals surface area contributed by atoms with Gasteiger partial charge >= 0.3 is 24.3 Å². The molecule has 2 aromatic carbocycles. The van der Waals surface area contributed by atoms with Gasteiger partial charge in [0.05, 0.1) is 11.4 Å². The number of nitrogens with zero attached hydrogens (tertiary/aromatic N) is 2. The first-order valence-electron chi connectivity index (χ1n) is 13.4. The Morgan fingerprint density at radius 1 is 0.957 bits per heavy atom. The van der Waals surface area contributed by atoms with Gasteiger partial charge in [-0.05, 0) is 63.3 Å². The molecule has 1 fully saturated rings. The molecule has 47 heavy (non-hydrogen) atoms. The second-order valence-electron chi connectivity index (χ2n) is 10.1. The Hall–Kier alpha value is -4.97. The highest BCUT2D eigenvalue weighted by Gasteiger charge is 2.39. The van der Waals surface area contributed by atoms with Crippen molar-refractivity contribution in [1.29, 1.82) is 0 Å². The number of carboxylic acid groups (broad SMARTS) is 2. The van der Waals surface area contributed by atoms with Crippen LogP contribution >= 0.6 is 0 Å². The molecule has 0 saturated carbocycles. The van der Waals surface area contributed by atoms with Gasteiger partial charge in [-0.2, -0.15) is 26.3 Å². The lowest BCUT2D eigenvalue weighted by molar-refractivity contribution is -0.193. The van der Waals surface area contributed by atoms with E-state index in [1.165, 1.54) is 0 Å². The van der Waals surface area contributed by atoms with Crippen molar-refractivity contribution in [3.8, 4) is 5.75 Å². The smallest absolute Gasteiger partial charge is 0.489 e. The molecule has 0 radical (unpaired) electrons. The van der Waals surface area contributed by atoms with Gasteiger partial charge in [0.15, 0.2) is 0 Å². The minimum Gasteiger partial charge on any atom is -0.489 e. The van der Waals surface area contributed by atoms with E-state index in [-0.39, 0.29) is 11.9 Å². The fourth-order valence-electron chi connectivity index (χ4n) is 4.27. The molecule has 2 atom stereocenters. The summed E-state index contributed by atoms with van der Waals surface area (Å²) in [5.74, 6) is -6.13. The number of likely N-dealkylation sites (tertiary alicyclic amines) is 1. The molecule has 1 aromatic heterocycles. The Kier molecular flexibility index (Phi) is 13.5. The van der Waals surface area contributed by atoms with Crippen molar-refractivity contribution >= 4 is 34.7 Å². The van der Waals surface area contributed by atoms with Crippen molar-refractivity contribution in [1.82, 2.24) is 20.7 Å². The minimum absolute atomic E-state index is 0.261. The van der Waals surface area contributed by atoms with Gasteiger partial charge in [0.25, 0.3) is 5.91 Å². The van der Waals surface area contributed by atoms with Gasteiger partial charge in [0, 0.05) is 34.8 Å². The first-order valence-corrected chi connectivity index (χ1v) is 13.4. The number of nitrogens with one attached hydrogen (secondary N) is 2. The van der Waals surface area contributed by atoms with Gasteiger partial charge in [-0.25, -0.2) is 15.1 Å². The third-order valence-electron chi connectivity index (χ3n) is 6.51. The lowest BCUT2D eigenvalue weighted by atomic mass is 9.91. The number of halogens is 6. The summed E-state index contributed by atoms with van der Waals surface area (Å²) >= 11 is 0. The van der Waals surface area contributed by atoms with Crippen LogP contribution in [-0.4, -0.2) is 87.6 Å². The van der Waals surface area contributed by atoms with Crippen molar-refractivity contribution in [2.24, 2.45) is 5.92 Å². The molecule has 0 aliphatic carbocycles. The molecule has 3 aromatic rings. The summed E-state index contributed by atoms with van der Waals surface area (Å²) in [6.45, 7) is 3.58. The number of hydroxylamine groups is 1. The molecular weight excluding hydrogens is 646 g/mol. The Morgan fingerprint density at radius 3 is 2.04 bits per heavy atom. The van der Waals surface area contributed by atoms with Crippen molar-refractivity contribution in [3.05, 3.63) is 71.4 Å². The number of aryl methyl sites for hydroxylation is 1. The van der Waals surface area contributed by atoms with Crippen molar-refractivity contribution in [2.75, 3.05) is 20.1 Å². The molecule has 4 rings (SSSR count). The Labute approximate surface area is 262 Å². The van der Waals surface area contributed by atoms with E-state index < -0.39 is 36.1 Å². The third-order valence-corrected chi connectivity index (χ3v) is 6.51. The number of hydrogen-bond donors (Lipinski definition) is 5. The summed E-state index contributed by atoms with van der Waals surface area (Å²) in [6.07, 6.45) is -9.54. The zero-order chi connectivity index (χ0) is 35.5. The van der Waals surface area contributed by atoms with Gasteiger partial charge in [-0.15, -0.1) is 0 Å². The lowest BCUT2D eigenvalue weighted by Gasteiger charge is -2.35. The van der Waals surface area contributed by atoms with E-state index in [0.29, 0.717) is 30.9 Å². The van der Waals surface area contributed by atoms with Crippen LogP contribution in [0.2, 0.25) is 0 Å². The van der Waals surface area contributed by atoms with E-state index >= 15 is 0 Å². The van der Waals surface area contributed by atoms with Crippen molar-refractivity contribution in [2.45, 2.75) is 38.3 Å². The van der Waals surface area contributed by atoms with E-state index in [0.717, 1.165) is 28.7 Å². The predicted molar refractivity (Wildman–Crippen MR) is 151 cm³/mol. The SMILES string of the molecule is Cc1cc(COc2ccc(C(=O)N[C@@H]3CCN(C)C[C@@H]3C(=O)NO)cc2)c2ccccc2n1.O=C(O)C(F)(F)F.O=C(O)C(F)(F)F. The number of hydrogen-bond acceptors (Lipinski definition) is 8. The van der Waals surface area contributed by atoms with Gasteiger partial charge in [-0.1, -0.05) is 18.2 Å². The number of fused-ring (bicyclic) bond motifs is 1. The van der Waals surface area contributed by atoms with Crippen LogP contribution in [0.5, 0.6) is 5.75 Å².